The number of H-pyrrole nitrogens is 2. The van der Waals surface area contributed by atoms with Crippen molar-refractivity contribution in [2.45, 2.75) is 6.92 Å². The summed E-state index contributed by atoms with van der Waals surface area (Å²) in [7, 11) is 1.54. The van der Waals surface area contributed by atoms with E-state index < -0.39 is 5.83 Å². The summed E-state index contributed by atoms with van der Waals surface area (Å²) in [5.74, 6) is -0.182. The van der Waals surface area contributed by atoms with Crippen molar-refractivity contribution in [1.82, 2.24) is 30.1 Å². The highest BCUT2D eigenvalue weighted by Gasteiger charge is 2.20. The fraction of sp³-hybridized carbons (Fsp3) is 0.0870. The van der Waals surface area contributed by atoms with Gasteiger partial charge in [-0.3, -0.25) is 20.1 Å². The Morgan fingerprint density at radius 1 is 1.19 bits per heavy atom. The number of pyridine rings is 2. The monoisotopic (exact) mass is 427 g/mol. The van der Waals surface area contributed by atoms with Gasteiger partial charge in [0, 0.05) is 42.3 Å². The standard InChI is InChI=1S/C23H18FN7O/c1-12-4-6-26-8-15(12)21(25-3)19(24)18-13(2)30-31-22(18)23-28-17-10-27-9-16(20(17)29-23)14-5-7-32-11-14/h4-11,30H,2H2,1,3H3,(H,28,29)/b19-18-,25-21-. The van der Waals surface area contributed by atoms with E-state index >= 15 is 4.39 Å². The Morgan fingerprint density at radius 3 is 2.81 bits per heavy atom. The smallest absolute Gasteiger partial charge is 0.160 e. The van der Waals surface area contributed by atoms with E-state index in [9.17, 15) is 0 Å². The van der Waals surface area contributed by atoms with Crippen LogP contribution in [0.4, 0.5) is 4.39 Å². The largest absolute Gasteiger partial charge is 0.472 e. The molecule has 0 amide bonds. The minimum absolute atomic E-state index is 0.167. The molecule has 0 aliphatic heterocycles. The first-order valence-electron chi connectivity index (χ1n) is 9.76. The predicted molar refractivity (Wildman–Crippen MR) is 120 cm³/mol. The molecule has 0 atom stereocenters. The molecule has 5 aromatic heterocycles. The fourth-order valence-corrected chi connectivity index (χ4v) is 3.63. The van der Waals surface area contributed by atoms with Crippen LogP contribution in [0.2, 0.25) is 0 Å². The van der Waals surface area contributed by atoms with Gasteiger partial charge in [0.25, 0.3) is 0 Å². The van der Waals surface area contributed by atoms with Gasteiger partial charge in [0.1, 0.15) is 16.9 Å². The Bertz CT molecular complexity index is 1580. The first-order valence-corrected chi connectivity index (χ1v) is 9.76. The van der Waals surface area contributed by atoms with Gasteiger partial charge in [-0.05, 0) is 24.6 Å². The summed E-state index contributed by atoms with van der Waals surface area (Å²) in [5.41, 5.74) is 4.89. The van der Waals surface area contributed by atoms with E-state index in [2.05, 4.69) is 36.7 Å². The van der Waals surface area contributed by atoms with Crippen LogP contribution >= 0.6 is 0 Å². The summed E-state index contributed by atoms with van der Waals surface area (Å²) >= 11 is 0. The van der Waals surface area contributed by atoms with Crippen molar-refractivity contribution in [1.29, 1.82) is 0 Å². The van der Waals surface area contributed by atoms with Crippen LogP contribution in [-0.2, 0) is 0 Å². The highest BCUT2D eigenvalue weighted by Crippen LogP contribution is 2.28. The molecule has 0 aliphatic carbocycles. The molecule has 0 aliphatic rings. The molecule has 0 saturated heterocycles. The van der Waals surface area contributed by atoms with E-state index in [0.29, 0.717) is 33.5 Å². The van der Waals surface area contributed by atoms with Gasteiger partial charge in [-0.2, -0.15) is 5.10 Å². The number of aliphatic imine (C=N–C) groups is 1. The number of hydrogen-bond donors (Lipinski definition) is 2. The minimum Gasteiger partial charge on any atom is -0.472 e. The lowest BCUT2D eigenvalue weighted by Gasteiger charge is -2.06. The lowest BCUT2D eigenvalue weighted by atomic mass is 10.0. The molecule has 0 fully saturated rings. The third-order valence-corrected chi connectivity index (χ3v) is 5.24. The number of furan rings is 1. The molecule has 2 N–H and O–H groups in total. The number of imidazole rings is 1. The molecule has 0 saturated carbocycles. The number of aromatic amines is 2. The molecular weight excluding hydrogens is 409 g/mol. The molecule has 0 aromatic carbocycles. The normalized spacial score (nSPS) is 13.0. The molecule has 32 heavy (non-hydrogen) atoms. The van der Waals surface area contributed by atoms with Crippen LogP contribution in [0.25, 0.3) is 46.1 Å². The molecule has 5 aromatic rings. The van der Waals surface area contributed by atoms with E-state index in [1.165, 1.54) is 7.05 Å². The summed E-state index contributed by atoms with van der Waals surface area (Å²) in [5, 5.41) is 7.54. The number of hydrogen-bond acceptors (Lipinski definition) is 6. The van der Waals surface area contributed by atoms with Crippen LogP contribution in [0.5, 0.6) is 0 Å². The van der Waals surface area contributed by atoms with E-state index in [1.54, 1.807) is 43.4 Å². The molecule has 0 radical (unpaired) electrons. The summed E-state index contributed by atoms with van der Waals surface area (Å²) in [6.45, 7) is 5.79. The van der Waals surface area contributed by atoms with Crippen LogP contribution in [0.3, 0.4) is 0 Å². The quantitative estimate of drug-likeness (QED) is 0.429. The number of rotatable bonds is 4. The second kappa shape index (κ2) is 7.69. The van der Waals surface area contributed by atoms with Crippen molar-refractivity contribution in [3.8, 4) is 22.6 Å². The molecule has 9 heteroatoms. The van der Waals surface area contributed by atoms with Gasteiger partial charge in [-0.15, -0.1) is 0 Å². The molecule has 5 rings (SSSR count). The lowest BCUT2D eigenvalue weighted by Crippen LogP contribution is -2.27. The second-order valence-electron chi connectivity index (χ2n) is 7.18. The van der Waals surface area contributed by atoms with E-state index in [-0.39, 0.29) is 10.9 Å². The first kappa shape index (κ1) is 19.6. The zero-order chi connectivity index (χ0) is 22.2. The number of nitrogens with zero attached hydrogens (tertiary/aromatic N) is 5. The topological polar surface area (TPSA) is 109 Å². The molecule has 158 valence electrons. The lowest BCUT2D eigenvalue weighted by molar-refractivity contribution is 0.568. The van der Waals surface area contributed by atoms with Gasteiger partial charge in [-0.25, -0.2) is 9.37 Å². The third kappa shape index (κ3) is 3.11. The first-order chi connectivity index (χ1) is 15.6. The Labute approximate surface area is 181 Å². The average molecular weight is 427 g/mol. The highest BCUT2D eigenvalue weighted by atomic mass is 19.1. The second-order valence-corrected chi connectivity index (χ2v) is 7.18. The Balaban J connectivity index is 1.73. The van der Waals surface area contributed by atoms with Gasteiger partial charge >= 0.3 is 0 Å². The van der Waals surface area contributed by atoms with Gasteiger partial charge in [0.05, 0.1) is 34.8 Å². The van der Waals surface area contributed by atoms with E-state index in [4.69, 9.17) is 9.40 Å². The predicted octanol–water partition coefficient (Wildman–Crippen LogP) is 2.92. The maximum absolute atomic E-state index is 15.9. The Morgan fingerprint density at radius 2 is 2.06 bits per heavy atom. The van der Waals surface area contributed by atoms with Crippen LogP contribution in [0, 0.1) is 6.92 Å². The Hall–Kier alpha value is -4.40. The number of aryl methyl sites for hydroxylation is 1. The van der Waals surface area contributed by atoms with E-state index in [0.717, 1.165) is 16.7 Å². The van der Waals surface area contributed by atoms with Crippen LogP contribution in [0.1, 0.15) is 11.1 Å². The molecule has 8 nitrogen and oxygen atoms in total. The summed E-state index contributed by atoms with van der Waals surface area (Å²) in [6, 6.07) is 3.63. The minimum atomic E-state index is -0.564. The van der Waals surface area contributed by atoms with Gasteiger partial charge in [0.2, 0.25) is 0 Å². The molecule has 0 bridgehead atoms. The van der Waals surface area contributed by atoms with Gasteiger partial charge in [0.15, 0.2) is 11.7 Å². The third-order valence-electron chi connectivity index (χ3n) is 5.24. The van der Waals surface area contributed by atoms with Crippen LogP contribution in [0.15, 0.2) is 58.9 Å². The van der Waals surface area contributed by atoms with Gasteiger partial charge < -0.3 is 9.40 Å². The summed E-state index contributed by atoms with van der Waals surface area (Å²) in [6.07, 6.45) is 9.80. The fourth-order valence-electron chi connectivity index (χ4n) is 3.63. The molecular formula is C23H18FN7O. The highest BCUT2D eigenvalue weighted by molar-refractivity contribution is 6.25. The zero-order valence-corrected chi connectivity index (χ0v) is 17.3. The number of aromatic nitrogens is 6. The van der Waals surface area contributed by atoms with Crippen molar-refractivity contribution >= 4 is 29.2 Å². The SMILES string of the molecule is C=c1[nH]nc(-c2nc3c(-c4ccoc4)cncc3[nH]2)/c1=C(F)/C(=N\C)c1cnccc1C. The average Bonchev–Trinajstić information content (AvgIpc) is 3.54. The summed E-state index contributed by atoms with van der Waals surface area (Å²) < 4.78 is 21.0. The molecule has 5 heterocycles. The molecule has 0 unspecified atom stereocenters. The summed E-state index contributed by atoms with van der Waals surface area (Å²) in [4.78, 5) is 20.4. The maximum atomic E-state index is 15.9. The number of fused-ring (bicyclic) bond motifs is 1. The zero-order valence-electron chi connectivity index (χ0n) is 17.3. The van der Waals surface area contributed by atoms with Crippen molar-refractivity contribution in [3.63, 3.8) is 0 Å². The van der Waals surface area contributed by atoms with Crippen molar-refractivity contribution in [3.05, 3.63) is 71.1 Å². The van der Waals surface area contributed by atoms with Crippen molar-refractivity contribution < 1.29 is 8.81 Å². The van der Waals surface area contributed by atoms with E-state index in [1.807, 2.05) is 13.0 Å². The molecule has 0 spiro atoms. The number of halogens is 1. The van der Waals surface area contributed by atoms with Gasteiger partial charge in [-0.1, -0.05) is 6.58 Å². The van der Waals surface area contributed by atoms with Crippen LogP contribution in [-0.4, -0.2) is 42.9 Å². The number of nitrogens with one attached hydrogen (secondary N) is 2. The van der Waals surface area contributed by atoms with Crippen molar-refractivity contribution in [2.75, 3.05) is 7.05 Å². The Kier molecular flexibility index (Phi) is 4.70. The maximum Gasteiger partial charge on any atom is 0.160 e. The van der Waals surface area contributed by atoms with Crippen molar-refractivity contribution in [2.24, 2.45) is 4.99 Å². The van der Waals surface area contributed by atoms with Crippen LogP contribution < -0.4 is 10.6 Å².